The number of esters is 3. The Kier molecular flexibility index (Phi) is 30.6. The van der Waals surface area contributed by atoms with Crippen molar-refractivity contribution >= 4 is 96.0 Å². The number of carboxylic acid groups (broad SMARTS) is 1. The SMILES string of the molecule is CCc1c(C(=O)O)cc2c(cnn2C)c1N(CC)C1CCC(N(C)C)CC1.CCc1c(C(=O)OC)cc2c(cnn2C)c1N.CCc1c(C(=O)OC)cc2c(cnn2C)c1N(CC)C1CCC(N(C)C)CC1.CCc1c(C(=O)OC)cc2c(cnn2C)c1NC1CCC(N(C)C)CC1.COC1=C(CN)C(=O)CC(C)=C1. The molecule has 4 aromatic carbocycles. The Morgan fingerprint density at radius 2 is 0.836 bits per heavy atom. The van der Waals surface area contributed by atoms with E-state index in [-0.39, 0.29) is 30.2 Å². The van der Waals surface area contributed by atoms with Crippen molar-refractivity contribution < 1.29 is 48.0 Å². The number of hydrogen-bond donors (Lipinski definition) is 4. The summed E-state index contributed by atoms with van der Waals surface area (Å²) in [6, 6.07) is 10.7. The van der Waals surface area contributed by atoms with Gasteiger partial charge in [-0.2, -0.15) is 20.4 Å². The minimum atomic E-state index is -0.858. The summed E-state index contributed by atoms with van der Waals surface area (Å²) in [5.74, 6) is -1.08. The number of nitrogen functional groups attached to an aromatic ring is 1. The van der Waals surface area contributed by atoms with Crippen LogP contribution in [0.5, 0.6) is 0 Å². The highest BCUT2D eigenvalue weighted by Crippen LogP contribution is 2.42. The average Bonchev–Trinajstić information content (AvgIpc) is 1.50. The van der Waals surface area contributed by atoms with E-state index in [4.69, 9.17) is 30.4 Å². The van der Waals surface area contributed by atoms with Crippen molar-refractivity contribution in [2.24, 2.45) is 33.9 Å². The second-order valence-electron chi connectivity index (χ2n) is 30.0. The number of carbonyl (C=O) groups is 5. The number of ketones is 1. The van der Waals surface area contributed by atoms with E-state index in [0.717, 1.165) is 134 Å². The fraction of sp³-hybridized carbons (Fsp3) is 0.560. The molecule has 0 saturated heterocycles. The molecule has 0 spiro atoms. The number of aromatic carboxylic acids is 1. The number of ether oxygens (including phenoxy) is 4. The summed E-state index contributed by atoms with van der Waals surface area (Å²) in [4.78, 5) is 71.9. The average molecular weight is 1520 g/mol. The van der Waals surface area contributed by atoms with Gasteiger partial charge >= 0.3 is 23.9 Å². The normalized spacial score (nSPS) is 18.6. The summed E-state index contributed by atoms with van der Waals surface area (Å²) in [6.45, 7) is 16.5. The Morgan fingerprint density at radius 1 is 0.500 bits per heavy atom. The zero-order chi connectivity index (χ0) is 80.7. The lowest BCUT2D eigenvalue weighted by atomic mass is 9.88. The van der Waals surface area contributed by atoms with E-state index in [1.807, 2.05) is 95.1 Å². The number of anilines is 4. The highest BCUT2D eigenvalue weighted by Gasteiger charge is 2.34. The molecule has 12 rings (SSSR count). The van der Waals surface area contributed by atoms with Crippen molar-refractivity contribution in [3.8, 4) is 0 Å². The number of benzene rings is 4. The third kappa shape index (κ3) is 19.0. The number of methoxy groups -OCH3 is 4. The first-order chi connectivity index (χ1) is 52.5. The van der Waals surface area contributed by atoms with Crippen LogP contribution in [0, 0.1) is 0 Å². The number of nitrogens with zero attached hydrogens (tertiary/aromatic N) is 13. The van der Waals surface area contributed by atoms with Crippen molar-refractivity contribution in [1.82, 2.24) is 53.8 Å². The van der Waals surface area contributed by atoms with Gasteiger partial charge in [0.1, 0.15) is 5.76 Å². The molecule has 26 nitrogen and oxygen atoms in total. The number of nitrogens with one attached hydrogen (secondary N) is 1. The number of carbonyl (C=O) groups excluding carboxylic acids is 4. The molecule has 0 amide bonds. The number of hydrogen-bond acceptors (Lipinski definition) is 21. The zero-order valence-electron chi connectivity index (χ0n) is 69.4. The van der Waals surface area contributed by atoms with Gasteiger partial charge < -0.3 is 65.3 Å². The summed E-state index contributed by atoms with van der Waals surface area (Å²) < 4.78 is 27.1. The Bertz CT molecular complexity index is 4590. The van der Waals surface area contributed by atoms with E-state index < -0.39 is 5.97 Å². The molecule has 6 N–H and O–H groups in total. The highest BCUT2D eigenvalue weighted by molar-refractivity contribution is 6.06. The summed E-state index contributed by atoms with van der Waals surface area (Å²) in [6.07, 6.45) is 26.8. The van der Waals surface area contributed by atoms with Gasteiger partial charge in [-0.05, 0) is 218 Å². The molecule has 4 aliphatic rings. The first-order valence-electron chi connectivity index (χ1n) is 39.2. The largest absolute Gasteiger partial charge is 0.496 e. The fourth-order valence-electron chi connectivity index (χ4n) is 16.8. The minimum Gasteiger partial charge on any atom is -0.496 e. The lowest BCUT2D eigenvalue weighted by Gasteiger charge is -2.40. The molecule has 600 valence electrons. The molecule has 4 heterocycles. The number of rotatable bonds is 21. The van der Waals surface area contributed by atoms with E-state index in [2.05, 4.69) is 120 Å². The van der Waals surface area contributed by atoms with E-state index in [0.29, 0.717) is 94.8 Å². The van der Waals surface area contributed by atoms with Crippen LogP contribution in [0.3, 0.4) is 0 Å². The number of Topliss-reactive ketones (excluding diaryl/α,β-unsaturated/α-hetero) is 1. The molecule has 26 heteroatoms. The van der Waals surface area contributed by atoms with Crippen LogP contribution in [0.4, 0.5) is 22.7 Å². The lowest BCUT2D eigenvalue weighted by Crippen LogP contribution is -2.42. The van der Waals surface area contributed by atoms with Gasteiger partial charge in [-0.3, -0.25) is 23.5 Å². The van der Waals surface area contributed by atoms with Crippen LogP contribution in [0.2, 0.25) is 0 Å². The van der Waals surface area contributed by atoms with Crippen molar-refractivity contribution in [1.29, 1.82) is 0 Å². The van der Waals surface area contributed by atoms with Crippen LogP contribution in [0.15, 0.2) is 72.0 Å². The molecule has 110 heavy (non-hydrogen) atoms. The van der Waals surface area contributed by atoms with E-state index >= 15 is 0 Å². The molecule has 4 aromatic heterocycles. The molecule has 3 saturated carbocycles. The third-order valence-corrected chi connectivity index (χ3v) is 23.1. The predicted octanol–water partition coefficient (Wildman–Crippen LogP) is 12.6. The third-order valence-electron chi connectivity index (χ3n) is 23.1. The number of aromatic nitrogens is 8. The number of carboxylic acids is 1. The topological polar surface area (TPSA) is 294 Å². The van der Waals surface area contributed by atoms with Crippen LogP contribution in [0.25, 0.3) is 43.6 Å². The summed E-state index contributed by atoms with van der Waals surface area (Å²) in [5.41, 5.74) is 26.7. The first-order valence-corrected chi connectivity index (χ1v) is 39.2. The zero-order valence-corrected chi connectivity index (χ0v) is 69.4. The Morgan fingerprint density at radius 3 is 1.20 bits per heavy atom. The predicted molar refractivity (Wildman–Crippen MR) is 441 cm³/mol. The Labute approximate surface area is 650 Å². The molecule has 0 radical (unpaired) electrons. The maximum Gasteiger partial charge on any atom is 0.338 e. The standard InChI is InChI=1S/C22H34N4O2.C21H32N4O2.C20H30N4O2.C12H15N3O2.C9H13NO2/c1-7-17-18(22(27)28-6)13-20-19(14-23-25(20)5)21(17)26(8-2)16-11-9-15(10-12-16)24(3)4;1-6-16-17(21(26)27)12-19-18(13-22-24(19)5)20(16)25(7-2)15-10-8-14(9-11-15)23(3)4;1-6-15-16(20(25)26-5)11-18-17(12-21-24(18)4)19(15)22-13-7-9-14(10-8-13)23(2)3;1-4-7-8(12(16)17-3)5-10-9(11(7)13)6-14-15(10)2;1-6-3-8(11)7(5-10)9(4-6)12-2/h13-16H,7-12H2,1-6H3;12-15H,6-11H2,1-5H3,(H,26,27);11-14,22H,6-10H2,1-5H3;5-6H,4,13H2,1-3H3;4H,3,5,10H2,1-2H3. The molecule has 0 atom stereocenters. The van der Waals surface area contributed by atoms with Gasteiger partial charge in [0, 0.05) is 123 Å². The van der Waals surface area contributed by atoms with Crippen LogP contribution in [0.1, 0.15) is 196 Å². The van der Waals surface area contributed by atoms with Crippen molar-refractivity contribution in [3.05, 3.63) is 117 Å². The van der Waals surface area contributed by atoms with Crippen molar-refractivity contribution in [3.63, 3.8) is 0 Å². The maximum atomic E-state index is 12.6. The van der Waals surface area contributed by atoms with Gasteiger partial charge in [0.2, 0.25) is 0 Å². The van der Waals surface area contributed by atoms with Crippen LogP contribution >= 0.6 is 0 Å². The second-order valence-corrected chi connectivity index (χ2v) is 30.0. The van der Waals surface area contributed by atoms with E-state index in [1.54, 1.807) is 34.8 Å². The number of fused-ring (bicyclic) bond motifs is 4. The quantitative estimate of drug-likeness (QED) is 0.0295. The Balaban J connectivity index is 0.000000177. The van der Waals surface area contributed by atoms with E-state index in [9.17, 15) is 29.1 Å². The molecule has 3 fully saturated rings. The summed E-state index contributed by atoms with van der Waals surface area (Å²) in [7, 11) is 26.3. The summed E-state index contributed by atoms with van der Waals surface area (Å²) >= 11 is 0. The van der Waals surface area contributed by atoms with Gasteiger partial charge in [-0.25, -0.2) is 19.2 Å². The molecule has 8 aromatic rings. The smallest absolute Gasteiger partial charge is 0.338 e. The maximum absolute atomic E-state index is 12.6. The molecule has 4 aliphatic carbocycles. The van der Waals surface area contributed by atoms with E-state index in [1.165, 1.54) is 78.4 Å². The van der Waals surface area contributed by atoms with Gasteiger partial charge in [0.15, 0.2) is 5.78 Å². The molecule has 0 unspecified atom stereocenters. The van der Waals surface area contributed by atoms with Gasteiger partial charge in [-0.1, -0.05) is 33.3 Å². The van der Waals surface area contributed by atoms with Crippen molar-refractivity contribution in [2.75, 3.05) is 111 Å². The minimum absolute atomic E-state index is 0.0781. The van der Waals surface area contributed by atoms with Crippen LogP contribution in [-0.4, -0.2) is 215 Å². The highest BCUT2D eigenvalue weighted by atomic mass is 16.5. The molecule has 0 bridgehead atoms. The van der Waals surface area contributed by atoms with Gasteiger partial charge in [0.25, 0.3) is 0 Å². The second kappa shape index (κ2) is 39.0. The number of allylic oxidation sites excluding steroid dienone is 2. The molecular weight excluding hydrogens is 1390 g/mol. The Hall–Kier alpha value is -9.37. The van der Waals surface area contributed by atoms with Crippen molar-refractivity contribution in [2.45, 2.75) is 194 Å². The van der Waals surface area contributed by atoms with Crippen LogP contribution in [-0.2, 0) is 77.6 Å². The summed E-state index contributed by atoms with van der Waals surface area (Å²) in [5, 5.41) is 35.2. The number of aryl methyl sites for hydroxylation is 4. The van der Waals surface area contributed by atoms with Gasteiger partial charge in [-0.15, -0.1) is 0 Å². The lowest BCUT2D eigenvalue weighted by molar-refractivity contribution is -0.115. The monoisotopic (exact) mass is 1520 g/mol. The van der Waals surface area contributed by atoms with Crippen LogP contribution < -0.4 is 26.6 Å². The molecule has 0 aliphatic heterocycles. The fourth-order valence-corrected chi connectivity index (χ4v) is 16.8. The first kappa shape index (κ1) is 86.2. The molecular formula is C84H124N16O10. The van der Waals surface area contributed by atoms with Gasteiger partial charge in [0.05, 0.1) is 114 Å². The number of nitrogens with two attached hydrogens (primary N) is 2.